The largest absolute Gasteiger partial charge is 0.380 e. The second-order valence-corrected chi connectivity index (χ2v) is 4.82. The van der Waals surface area contributed by atoms with E-state index in [4.69, 9.17) is 16.3 Å². The van der Waals surface area contributed by atoms with Gasteiger partial charge in [0.1, 0.15) is 5.82 Å². The number of rotatable bonds is 4. The maximum atomic E-state index is 13.7. The first-order valence-corrected chi connectivity index (χ1v) is 6.21. The number of Topliss-reactive ketones (excluding diaryl/α,β-unsaturated/α-hetero) is 1. The van der Waals surface area contributed by atoms with Gasteiger partial charge in [0.2, 0.25) is 0 Å². The molecule has 0 spiro atoms. The van der Waals surface area contributed by atoms with Crippen LogP contribution in [0, 0.1) is 5.82 Å². The smallest absolute Gasteiger partial charge is 0.154 e. The molecule has 1 N–H and O–H groups in total. The van der Waals surface area contributed by atoms with Gasteiger partial charge in [0.15, 0.2) is 5.78 Å². The normalized spacial score (nSPS) is 23.3. The standard InChI is InChI=1S/C13H15ClFNO2/c1-18-9-6-11(16-7-9)12(17)5-8-3-2-4-10(14)13(8)15/h2-4,9,11,16H,5-7H2,1H3. The lowest BCUT2D eigenvalue weighted by molar-refractivity contribution is -0.120. The number of hydrogen-bond donors (Lipinski definition) is 1. The Morgan fingerprint density at radius 1 is 1.61 bits per heavy atom. The van der Waals surface area contributed by atoms with Gasteiger partial charge in [-0.05, 0) is 18.1 Å². The molecule has 1 aromatic carbocycles. The van der Waals surface area contributed by atoms with Gasteiger partial charge in [-0.25, -0.2) is 4.39 Å². The van der Waals surface area contributed by atoms with Crippen molar-refractivity contribution in [2.24, 2.45) is 0 Å². The number of nitrogens with one attached hydrogen (secondary N) is 1. The Morgan fingerprint density at radius 3 is 3.06 bits per heavy atom. The van der Waals surface area contributed by atoms with Crippen molar-refractivity contribution in [2.75, 3.05) is 13.7 Å². The number of methoxy groups -OCH3 is 1. The van der Waals surface area contributed by atoms with Gasteiger partial charge in [-0.1, -0.05) is 23.7 Å². The van der Waals surface area contributed by atoms with Crippen molar-refractivity contribution in [1.29, 1.82) is 0 Å². The van der Waals surface area contributed by atoms with Crippen LogP contribution in [0.5, 0.6) is 0 Å². The molecule has 2 unspecified atom stereocenters. The molecule has 98 valence electrons. The highest BCUT2D eigenvalue weighted by Gasteiger charge is 2.29. The Kier molecular flexibility index (Phi) is 4.32. The SMILES string of the molecule is COC1CNC(C(=O)Cc2cccc(Cl)c2F)C1. The summed E-state index contributed by atoms with van der Waals surface area (Å²) in [7, 11) is 1.62. The quantitative estimate of drug-likeness (QED) is 0.910. The molecular weight excluding hydrogens is 257 g/mol. The van der Waals surface area contributed by atoms with Gasteiger partial charge in [-0.3, -0.25) is 4.79 Å². The van der Waals surface area contributed by atoms with E-state index in [1.54, 1.807) is 19.2 Å². The average molecular weight is 272 g/mol. The number of ether oxygens (including phenoxy) is 1. The number of benzene rings is 1. The molecule has 5 heteroatoms. The fraction of sp³-hybridized carbons (Fsp3) is 0.462. The highest BCUT2D eigenvalue weighted by atomic mass is 35.5. The lowest BCUT2D eigenvalue weighted by Gasteiger charge is -2.10. The molecule has 1 aliphatic rings. The molecule has 1 fully saturated rings. The second kappa shape index (κ2) is 5.78. The predicted octanol–water partition coefficient (Wildman–Crippen LogP) is 1.97. The number of carbonyl (C=O) groups is 1. The Balaban J connectivity index is 2.01. The fourth-order valence-corrected chi connectivity index (χ4v) is 2.32. The van der Waals surface area contributed by atoms with Crippen LogP contribution in [0.25, 0.3) is 0 Å². The minimum Gasteiger partial charge on any atom is -0.380 e. The molecule has 0 bridgehead atoms. The maximum absolute atomic E-state index is 13.7. The zero-order chi connectivity index (χ0) is 13.1. The summed E-state index contributed by atoms with van der Waals surface area (Å²) >= 11 is 5.68. The predicted molar refractivity (Wildman–Crippen MR) is 67.3 cm³/mol. The van der Waals surface area contributed by atoms with Crippen molar-refractivity contribution in [3.63, 3.8) is 0 Å². The molecule has 0 amide bonds. The van der Waals surface area contributed by atoms with Crippen LogP contribution in [0.1, 0.15) is 12.0 Å². The van der Waals surface area contributed by atoms with Gasteiger partial charge >= 0.3 is 0 Å². The maximum Gasteiger partial charge on any atom is 0.154 e. The Morgan fingerprint density at radius 2 is 2.39 bits per heavy atom. The van der Waals surface area contributed by atoms with Gasteiger partial charge in [-0.2, -0.15) is 0 Å². The van der Waals surface area contributed by atoms with Gasteiger partial charge in [0.25, 0.3) is 0 Å². The molecular formula is C13H15ClFNO2. The van der Waals surface area contributed by atoms with Crippen LogP contribution in [-0.4, -0.2) is 31.6 Å². The number of ketones is 1. The van der Waals surface area contributed by atoms with E-state index in [2.05, 4.69) is 5.32 Å². The summed E-state index contributed by atoms with van der Waals surface area (Å²) in [5.74, 6) is -0.537. The molecule has 0 saturated carbocycles. The summed E-state index contributed by atoms with van der Waals surface area (Å²) in [4.78, 5) is 12.0. The Hall–Kier alpha value is -0.970. The van der Waals surface area contributed by atoms with Crippen LogP contribution in [-0.2, 0) is 16.0 Å². The van der Waals surface area contributed by atoms with E-state index in [1.807, 2.05) is 0 Å². The van der Waals surface area contributed by atoms with Crippen molar-refractivity contribution in [2.45, 2.75) is 25.0 Å². The topological polar surface area (TPSA) is 38.3 Å². The fourth-order valence-electron chi connectivity index (χ4n) is 2.12. The number of carbonyl (C=O) groups excluding carboxylic acids is 1. The minimum atomic E-state index is -0.506. The van der Waals surface area contributed by atoms with Gasteiger partial charge in [-0.15, -0.1) is 0 Å². The lowest BCUT2D eigenvalue weighted by atomic mass is 10.0. The average Bonchev–Trinajstić information content (AvgIpc) is 2.83. The molecule has 0 radical (unpaired) electrons. The number of halogens is 2. The van der Waals surface area contributed by atoms with Crippen molar-refractivity contribution in [3.8, 4) is 0 Å². The van der Waals surface area contributed by atoms with E-state index in [0.29, 0.717) is 18.5 Å². The Bertz CT molecular complexity index is 453. The van der Waals surface area contributed by atoms with Crippen molar-refractivity contribution >= 4 is 17.4 Å². The molecule has 18 heavy (non-hydrogen) atoms. The molecule has 1 saturated heterocycles. The molecule has 1 heterocycles. The van der Waals surface area contributed by atoms with Crippen LogP contribution in [0.4, 0.5) is 4.39 Å². The van der Waals surface area contributed by atoms with E-state index in [-0.39, 0.29) is 29.4 Å². The van der Waals surface area contributed by atoms with Crippen LogP contribution in [0.15, 0.2) is 18.2 Å². The van der Waals surface area contributed by atoms with Crippen LogP contribution < -0.4 is 5.32 Å². The molecule has 1 aliphatic heterocycles. The van der Waals surface area contributed by atoms with Crippen molar-refractivity contribution in [3.05, 3.63) is 34.6 Å². The zero-order valence-corrected chi connectivity index (χ0v) is 10.8. The molecule has 2 atom stereocenters. The van der Waals surface area contributed by atoms with Gasteiger partial charge < -0.3 is 10.1 Å². The first-order chi connectivity index (χ1) is 8.61. The third-order valence-corrected chi connectivity index (χ3v) is 3.50. The van der Waals surface area contributed by atoms with E-state index < -0.39 is 5.82 Å². The molecule has 2 rings (SSSR count). The van der Waals surface area contributed by atoms with Gasteiger partial charge in [0.05, 0.1) is 17.2 Å². The first-order valence-electron chi connectivity index (χ1n) is 5.83. The van der Waals surface area contributed by atoms with E-state index >= 15 is 0 Å². The third-order valence-electron chi connectivity index (χ3n) is 3.21. The second-order valence-electron chi connectivity index (χ2n) is 4.41. The minimum absolute atomic E-state index is 0.0317. The van der Waals surface area contributed by atoms with E-state index in [9.17, 15) is 9.18 Å². The van der Waals surface area contributed by atoms with Crippen molar-refractivity contribution in [1.82, 2.24) is 5.32 Å². The third kappa shape index (κ3) is 2.88. The summed E-state index contributed by atoms with van der Waals surface area (Å²) in [6.45, 7) is 0.658. The van der Waals surface area contributed by atoms with Crippen LogP contribution in [0.3, 0.4) is 0 Å². The summed E-state index contributed by atoms with van der Waals surface area (Å²) in [5.41, 5.74) is 0.343. The first kappa shape index (κ1) is 13.5. The molecule has 0 aliphatic carbocycles. The van der Waals surface area contributed by atoms with Crippen LogP contribution in [0.2, 0.25) is 5.02 Å². The summed E-state index contributed by atoms with van der Waals surface area (Å²) < 4.78 is 18.8. The molecule has 3 nitrogen and oxygen atoms in total. The molecule has 1 aromatic rings. The van der Waals surface area contributed by atoms with Crippen molar-refractivity contribution < 1.29 is 13.9 Å². The molecule has 0 aromatic heterocycles. The summed E-state index contributed by atoms with van der Waals surface area (Å²) in [5, 5.41) is 3.13. The Labute approximate surface area is 110 Å². The summed E-state index contributed by atoms with van der Waals surface area (Å²) in [6.07, 6.45) is 0.751. The highest BCUT2D eigenvalue weighted by Crippen LogP contribution is 2.20. The van der Waals surface area contributed by atoms with E-state index in [1.165, 1.54) is 6.07 Å². The zero-order valence-electron chi connectivity index (χ0n) is 10.1. The number of hydrogen-bond acceptors (Lipinski definition) is 3. The van der Waals surface area contributed by atoms with Crippen LogP contribution >= 0.6 is 11.6 Å². The summed E-state index contributed by atoms with van der Waals surface area (Å²) in [6, 6.07) is 4.45. The highest BCUT2D eigenvalue weighted by molar-refractivity contribution is 6.30. The van der Waals surface area contributed by atoms with Gasteiger partial charge in [0, 0.05) is 20.1 Å². The monoisotopic (exact) mass is 271 g/mol. The van der Waals surface area contributed by atoms with E-state index in [0.717, 1.165) is 0 Å². The lowest BCUT2D eigenvalue weighted by Crippen LogP contribution is -2.32.